The maximum absolute atomic E-state index is 5.63. The van der Waals surface area contributed by atoms with Crippen LogP contribution in [0, 0.1) is 0 Å². The van der Waals surface area contributed by atoms with E-state index in [0.717, 1.165) is 44.7 Å². The van der Waals surface area contributed by atoms with Crippen molar-refractivity contribution >= 4 is 57.7 Å². The third kappa shape index (κ3) is 3.02. The van der Waals surface area contributed by atoms with Crippen LogP contribution < -0.4 is 9.67 Å². The molecule has 0 spiro atoms. The molecule has 2 N–H and O–H groups in total. The fraction of sp³-hybridized carbons (Fsp3) is 0. The van der Waals surface area contributed by atoms with E-state index in [0.29, 0.717) is 0 Å². The Morgan fingerprint density at radius 1 is 0.600 bits per heavy atom. The van der Waals surface area contributed by atoms with E-state index in [4.69, 9.17) is 23.6 Å². The lowest BCUT2D eigenvalue weighted by molar-refractivity contribution is 1.57. The van der Waals surface area contributed by atoms with E-state index >= 15 is 0 Å². The van der Waals surface area contributed by atoms with E-state index in [-0.39, 0.29) is 0 Å². The fourth-order valence-corrected chi connectivity index (χ4v) is 3.58. The van der Waals surface area contributed by atoms with Gasteiger partial charge in [0.25, 0.3) is 0 Å². The van der Waals surface area contributed by atoms with Gasteiger partial charge in [-0.15, -0.1) is 0 Å². The number of aromatic nitrogens is 2. The number of halogens is 2. The predicted molar refractivity (Wildman–Crippen MR) is 107 cm³/mol. The van der Waals surface area contributed by atoms with E-state index in [1.54, 1.807) is 0 Å². The van der Waals surface area contributed by atoms with Gasteiger partial charge >= 0.3 is 0 Å². The lowest BCUT2D eigenvalue weighted by Crippen LogP contribution is -1.87. The quantitative estimate of drug-likeness (QED) is 0.412. The van der Waals surface area contributed by atoms with E-state index in [2.05, 4.69) is 30.6 Å². The molecule has 0 saturated heterocycles. The molecular weight excluding hydrogens is 375 g/mol. The molecule has 0 unspecified atom stereocenters. The van der Waals surface area contributed by atoms with Crippen molar-refractivity contribution < 1.29 is 0 Å². The second-order valence-electron chi connectivity index (χ2n) is 5.47. The van der Waals surface area contributed by atoms with Crippen LogP contribution in [0.15, 0.2) is 60.7 Å². The molecule has 124 valence electrons. The Bertz CT molecular complexity index is 932. The summed E-state index contributed by atoms with van der Waals surface area (Å²) in [4.78, 5) is 5.22. The van der Waals surface area contributed by atoms with E-state index in [1.165, 1.54) is 11.7 Å². The first-order chi connectivity index (χ1) is 12.3. The van der Waals surface area contributed by atoms with Crippen molar-refractivity contribution in [1.82, 2.24) is 8.75 Å². The summed E-state index contributed by atoms with van der Waals surface area (Å²) < 4.78 is 9.03. The van der Waals surface area contributed by atoms with E-state index in [1.807, 2.05) is 48.5 Å². The van der Waals surface area contributed by atoms with Crippen LogP contribution in [0.2, 0.25) is 0 Å². The number of benzene rings is 3. The number of nitrogens with one attached hydrogen (secondary N) is 2. The topological polar surface area (TPSA) is 49.8 Å². The third-order valence-electron chi connectivity index (χ3n) is 4.03. The first-order valence-electron chi connectivity index (χ1n) is 7.49. The van der Waals surface area contributed by atoms with Gasteiger partial charge in [-0.05, 0) is 35.4 Å². The molecule has 0 aliphatic rings. The normalized spacial score (nSPS) is 10.8. The fourth-order valence-electron chi connectivity index (χ4n) is 2.76. The van der Waals surface area contributed by atoms with Crippen LogP contribution in [0.3, 0.4) is 0 Å². The molecule has 4 nitrogen and oxygen atoms in total. The Balaban J connectivity index is 1.82. The van der Waals surface area contributed by atoms with Gasteiger partial charge in [-0.25, -0.2) is 0 Å². The minimum atomic E-state index is 0.850. The summed E-state index contributed by atoms with van der Waals surface area (Å²) in [6, 6.07) is 19.9. The van der Waals surface area contributed by atoms with Gasteiger partial charge in [0.1, 0.15) is 11.0 Å². The van der Waals surface area contributed by atoms with Gasteiger partial charge in [0.2, 0.25) is 0 Å². The summed E-state index contributed by atoms with van der Waals surface area (Å²) in [6.45, 7) is 0. The van der Waals surface area contributed by atoms with Gasteiger partial charge in [0.15, 0.2) is 0 Å². The monoisotopic (exact) mass is 386 g/mol. The second kappa shape index (κ2) is 6.88. The Morgan fingerprint density at radius 2 is 1.00 bits per heavy atom. The van der Waals surface area contributed by atoms with Crippen molar-refractivity contribution in [3.8, 4) is 22.3 Å². The van der Waals surface area contributed by atoms with Crippen molar-refractivity contribution in [3.63, 3.8) is 0 Å². The van der Waals surface area contributed by atoms with Crippen LogP contribution in [0.4, 0.5) is 11.4 Å². The van der Waals surface area contributed by atoms with Crippen molar-refractivity contribution in [1.29, 1.82) is 0 Å². The number of nitrogens with zero attached hydrogens (tertiary/aromatic N) is 2. The highest BCUT2D eigenvalue weighted by molar-refractivity contribution is 7.00. The summed E-state index contributed by atoms with van der Waals surface area (Å²) >= 11 is 12.5. The molecule has 0 saturated carbocycles. The summed E-state index contributed by atoms with van der Waals surface area (Å²) in [7, 11) is 0. The summed E-state index contributed by atoms with van der Waals surface area (Å²) in [5, 5.41) is 0. The number of rotatable bonds is 4. The highest BCUT2D eigenvalue weighted by atomic mass is 35.5. The van der Waals surface area contributed by atoms with Gasteiger partial charge < -0.3 is 0 Å². The van der Waals surface area contributed by atoms with Crippen LogP contribution in [0.1, 0.15) is 0 Å². The molecule has 4 aromatic rings. The number of hydrogen-bond acceptors (Lipinski definition) is 5. The molecule has 0 aliphatic heterocycles. The Kier molecular flexibility index (Phi) is 4.44. The average molecular weight is 387 g/mol. The van der Waals surface area contributed by atoms with Crippen molar-refractivity contribution in [2.75, 3.05) is 9.67 Å². The summed E-state index contributed by atoms with van der Waals surface area (Å²) in [5.74, 6) is 0. The number of anilines is 2. The van der Waals surface area contributed by atoms with Gasteiger partial charge in [-0.2, -0.15) is 8.75 Å². The number of hydrogen-bond donors (Lipinski definition) is 2. The third-order valence-corrected chi connectivity index (χ3v) is 4.99. The Hall–Kier alpha value is -2.34. The maximum atomic E-state index is 5.63. The van der Waals surface area contributed by atoms with Crippen LogP contribution in [-0.4, -0.2) is 8.75 Å². The van der Waals surface area contributed by atoms with E-state index in [9.17, 15) is 0 Å². The smallest absolute Gasteiger partial charge is 0.113 e. The summed E-state index contributed by atoms with van der Waals surface area (Å²) in [5.41, 5.74) is 7.73. The number of fused-ring (bicyclic) bond motifs is 1. The average Bonchev–Trinajstić information content (AvgIpc) is 3.17. The second-order valence-corrected chi connectivity index (χ2v) is 6.37. The minimum absolute atomic E-state index is 0.850. The van der Waals surface area contributed by atoms with Crippen LogP contribution in [-0.2, 0) is 0 Å². The SMILES string of the molecule is ClNc1ccc(-c2ccc(-c3ccc(NCl)cc3)c3nsnc23)cc1. The van der Waals surface area contributed by atoms with Gasteiger partial charge in [0, 0.05) is 46.1 Å². The standard InChI is InChI=1S/C18H12Cl2N4S/c19-21-13-5-1-11(2-6-13)15-9-10-16(18-17(15)23-25-24-18)12-3-7-14(22-20)8-4-12/h1-10,21-22H. The molecular formula is C18H12Cl2N4S. The largest absolute Gasteiger partial charge is 0.299 e. The molecule has 7 heteroatoms. The van der Waals surface area contributed by atoms with Crippen molar-refractivity contribution in [2.24, 2.45) is 0 Å². The van der Waals surface area contributed by atoms with E-state index < -0.39 is 0 Å². The van der Waals surface area contributed by atoms with Crippen LogP contribution in [0.25, 0.3) is 33.3 Å². The molecule has 1 aromatic heterocycles. The lowest BCUT2D eigenvalue weighted by atomic mass is 9.97. The Morgan fingerprint density at radius 3 is 1.36 bits per heavy atom. The van der Waals surface area contributed by atoms with Crippen molar-refractivity contribution in [3.05, 3.63) is 60.7 Å². The molecule has 0 bridgehead atoms. The van der Waals surface area contributed by atoms with Crippen LogP contribution in [0.5, 0.6) is 0 Å². The Labute approximate surface area is 159 Å². The van der Waals surface area contributed by atoms with Gasteiger partial charge in [-0.1, -0.05) is 36.4 Å². The molecule has 0 atom stereocenters. The van der Waals surface area contributed by atoms with Gasteiger partial charge in [0.05, 0.1) is 11.7 Å². The molecule has 1 heterocycles. The molecule has 3 aromatic carbocycles. The van der Waals surface area contributed by atoms with Gasteiger partial charge in [-0.3, -0.25) is 9.67 Å². The van der Waals surface area contributed by atoms with Crippen molar-refractivity contribution in [2.45, 2.75) is 0 Å². The first kappa shape index (κ1) is 16.1. The zero-order chi connectivity index (χ0) is 17.2. The van der Waals surface area contributed by atoms with Crippen LogP contribution >= 0.6 is 35.3 Å². The molecule has 0 radical (unpaired) electrons. The summed E-state index contributed by atoms with van der Waals surface area (Å²) in [6.07, 6.45) is 0. The minimum Gasteiger partial charge on any atom is -0.299 e. The zero-order valence-corrected chi connectivity index (χ0v) is 15.2. The maximum Gasteiger partial charge on any atom is 0.113 e. The highest BCUT2D eigenvalue weighted by Crippen LogP contribution is 2.35. The molecule has 4 rings (SSSR count). The zero-order valence-electron chi connectivity index (χ0n) is 12.8. The molecule has 0 aliphatic carbocycles. The lowest BCUT2D eigenvalue weighted by Gasteiger charge is -2.08. The highest BCUT2D eigenvalue weighted by Gasteiger charge is 2.13. The first-order valence-corrected chi connectivity index (χ1v) is 8.98. The predicted octanol–water partition coefficient (Wildman–Crippen LogP) is 6.16. The molecule has 0 fully saturated rings. The molecule has 25 heavy (non-hydrogen) atoms. The molecule has 0 amide bonds.